The maximum Gasteiger partial charge on any atom is 0.329 e. The minimum absolute atomic E-state index is 0.0585. The number of ketones is 2. The smallest absolute Gasteiger partial charge is 0.329 e. The molecule has 7 rings (SSSR count). The number of rotatable bonds is 6. The van der Waals surface area contributed by atoms with E-state index in [1.807, 2.05) is 97.1 Å². The molecular formula is C38H31NO4S. The van der Waals surface area contributed by atoms with Crippen LogP contribution in [-0.2, 0) is 9.59 Å². The lowest BCUT2D eigenvalue weighted by atomic mass is 9.68. The number of nitrogens with one attached hydrogen (secondary N) is 1. The maximum absolute atomic E-state index is 13.8. The van der Waals surface area contributed by atoms with Gasteiger partial charge in [0.25, 0.3) is 0 Å². The van der Waals surface area contributed by atoms with E-state index in [9.17, 15) is 14.4 Å². The van der Waals surface area contributed by atoms with Crippen LogP contribution in [0.1, 0.15) is 64.9 Å². The van der Waals surface area contributed by atoms with Crippen LogP contribution in [0.2, 0.25) is 0 Å². The number of ether oxygens (including phenoxy) is 1. The Morgan fingerprint density at radius 1 is 0.795 bits per heavy atom. The Morgan fingerprint density at radius 2 is 1.43 bits per heavy atom. The summed E-state index contributed by atoms with van der Waals surface area (Å²) in [6, 6.07) is 34.3. The van der Waals surface area contributed by atoms with E-state index >= 15 is 0 Å². The van der Waals surface area contributed by atoms with Gasteiger partial charge in [0.1, 0.15) is 11.0 Å². The maximum atomic E-state index is 13.8. The molecular weight excluding hydrogens is 566 g/mol. The number of esters is 1. The minimum atomic E-state index is -0.555. The van der Waals surface area contributed by atoms with Crippen LogP contribution in [0.3, 0.4) is 0 Å². The second-order valence-corrected chi connectivity index (χ2v) is 13.4. The monoisotopic (exact) mass is 597 g/mol. The van der Waals surface area contributed by atoms with Gasteiger partial charge in [-0.25, -0.2) is 0 Å². The molecule has 4 aromatic rings. The largest absolute Gasteiger partial charge is 0.425 e. The Morgan fingerprint density at radius 3 is 2.14 bits per heavy atom. The third-order valence-electron chi connectivity index (χ3n) is 8.47. The highest BCUT2D eigenvalue weighted by atomic mass is 32.2. The van der Waals surface area contributed by atoms with Crippen LogP contribution >= 0.6 is 11.8 Å². The standard InChI is InChI=1S/C38H31NO4S/c1-38(2)21-29-32(30(40)22-38)31(33-34(39-29)27-15-9-10-16-28(27)35(33)41)23-17-19-25(20-18-23)43-37(42)36(24-11-5-3-6-12-24)44-26-13-7-4-8-14-26/h3-20,31,36,39H,21-22H2,1-2H3. The highest BCUT2D eigenvalue weighted by Crippen LogP contribution is 2.51. The third-order valence-corrected chi connectivity index (χ3v) is 9.72. The molecule has 0 fully saturated rings. The van der Waals surface area contributed by atoms with Crippen LogP contribution in [0, 0.1) is 5.41 Å². The zero-order valence-electron chi connectivity index (χ0n) is 24.5. The summed E-state index contributed by atoms with van der Waals surface area (Å²) in [5, 5.41) is 2.97. The summed E-state index contributed by atoms with van der Waals surface area (Å²) in [6.45, 7) is 4.20. The number of Topliss-reactive ketones (excluding diaryl/α,β-unsaturated/α-hetero) is 2. The molecule has 5 nitrogen and oxygen atoms in total. The predicted octanol–water partition coefficient (Wildman–Crippen LogP) is 8.06. The topological polar surface area (TPSA) is 72.5 Å². The van der Waals surface area contributed by atoms with Crippen LogP contribution in [-0.4, -0.2) is 17.5 Å². The van der Waals surface area contributed by atoms with Gasteiger partial charge in [-0.1, -0.05) is 98.8 Å². The highest BCUT2D eigenvalue weighted by Gasteiger charge is 2.46. The number of carbonyl (C=O) groups excluding carboxylic acids is 3. The van der Waals surface area contributed by atoms with Crippen molar-refractivity contribution >= 4 is 35.0 Å². The third kappa shape index (κ3) is 5.09. The van der Waals surface area contributed by atoms with E-state index in [4.69, 9.17) is 4.74 Å². The zero-order valence-corrected chi connectivity index (χ0v) is 25.3. The highest BCUT2D eigenvalue weighted by molar-refractivity contribution is 8.00. The lowest BCUT2D eigenvalue weighted by Gasteiger charge is -2.39. The summed E-state index contributed by atoms with van der Waals surface area (Å²) < 4.78 is 5.93. The van der Waals surface area contributed by atoms with Gasteiger partial charge in [0.15, 0.2) is 11.6 Å². The molecule has 0 radical (unpaired) electrons. The number of allylic oxidation sites excluding steroid dienone is 3. The summed E-state index contributed by atoms with van der Waals surface area (Å²) in [5.41, 5.74) is 5.96. The Labute approximate surface area is 261 Å². The zero-order chi connectivity index (χ0) is 30.4. The van der Waals surface area contributed by atoms with Crippen molar-refractivity contribution in [2.45, 2.75) is 42.8 Å². The van der Waals surface area contributed by atoms with E-state index in [1.165, 1.54) is 11.8 Å². The molecule has 4 aromatic carbocycles. The first kappa shape index (κ1) is 28.1. The molecule has 2 aliphatic carbocycles. The van der Waals surface area contributed by atoms with Gasteiger partial charge in [-0.2, -0.15) is 0 Å². The van der Waals surface area contributed by atoms with Crippen LogP contribution in [0.25, 0.3) is 5.70 Å². The molecule has 0 saturated heterocycles. The van der Waals surface area contributed by atoms with Crippen molar-refractivity contribution in [3.63, 3.8) is 0 Å². The van der Waals surface area contributed by atoms with E-state index in [0.717, 1.165) is 33.0 Å². The number of carbonyl (C=O) groups is 3. The first-order chi connectivity index (χ1) is 21.3. The molecule has 0 aromatic heterocycles. The molecule has 1 aliphatic heterocycles. The first-order valence-electron chi connectivity index (χ1n) is 14.8. The van der Waals surface area contributed by atoms with Gasteiger partial charge in [0.05, 0.1) is 5.70 Å². The number of fused-ring (bicyclic) bond motifs is 2. The molecule has 44 heavy (non-hydrogen) atoms. The van der Waals surface area contributed by atoms with Gasteiger partial charge < -0.3 is 10.1 Å². The molecule has 2 unspecified atom stereocenters. The van der Waals surface area contributed by atoms with Crippen molar-refractivity contribution in [1.82, 2.24) is 5.32 Å². The quantitative estimate of drug-likeness (QED) is 0.138. The number of thioether (sulfide) groups is 1. The summed E-state index contributed by atoms with van der Waals surface area (Å²) in [6.07, 6.45) is 1.14. The van der Waals surface area contributed by atoms with Crippen LogP contribution < -0.4 is 10.1 Å². The SMILES string of the molecule is CC1(C)CC(=O)C2=C(C1)NC1=C(C(=O)c3ccccc31)C2c1ccc(OC(=O)C(Sc2ccccc2)c2ccccc2)cc1. The second-order valence-electron chi connectivity index (χ2n) is 12.3. The molecule has 0 spiro atoms. The van der Waals surface area contributed by atoms with Crippen molar-refractivity contribution in [2.75, 3.05) is 0 Å². The van der Waals surface area contributed by atoms with E-state index in [0.29, 0.717) is 35.3 Å². The minimum Gasteiger partial charge on any atom is -0.425 e. The van der Waals surface area contributed by atoms with Crippen molar-refractivity contribution < 1.29 is 19.1 Å². The van der Waals surface area contributed by atoms with E-state index in [1.54, 1.807) is 12.1 Å². The molecule has 3 aliphatic rings. The fraction of sp³-hybridized carbons (Fsp3) is 0.184. The number of benzene rings is 4. The molecule has 0 saturated carbocycles. The average Bonchev–Trinajstić information content (AvgIpc) is 3.31. The van der Waals surface area contributed by atoms with Crippen LogP contribution in [0.4, 0.5) is 0 Å². The molecule has 0 amide bonds. The summed E-state index contributed by atoms with van der Waals surface area (Å²) in [5.74, 6) is -0.469. The lowest BCUT2D eigenvalue weighted by molar-refractivity contribution is -0.133. The van der Waals surface area contributed by atoms with Crippen molar-refractivity contribution in [3.8, 4) is 5.75 Å². The Hall–Kier alpha value is -4.68. The second kappa shape index (κ2) is 11.1. The number of hydrogen-bond donors (Lipinski definition) is 1. The molecule has 0 bridgehead atoms. The molecule has 6 heteroatoms. The Bertz CT molecular complexity index is 1860. The Kier molecular flexibility index (Phi) is 7.10. The van der Waals surface area contributed by atoms with Gasteiger partial charge in [-0.15, -0.1) is 11.8 Å². The van der Waals surface area contributed by atoms with Crippen LogP contribution in [0.5, 0.6) is 5.75 Å². The fourth-order valence-electron chi connectivity index (χ4n) is 6.54. The number of hydrogen-bond acceptors (Lipinski definition) is 6. The normalized spacial score (nSPS) is 19.1. The van der Waals surface area contributed by atoms with Crippen LogP contribution in [0.15, 0.2) is 131 Å². The predicted molar refractivity (Wildman–Crippen MR) is 172 cm³/mol. The van der Waals surface area contributed by atoms with E-state index < -0.39 is 11.2 Å². The lowest BCUT2D eigenvalue weighted by Crippen LogP contribution is -2.37. The van der Waals surface area contributed by atoms with Gasteiger partial charge >= 0.3 is 5.97 Å². The molecule has 2 atom stereocenters. The van der Waals surface area contributed by atoms with Gasteiger partial charge in [0, 0.05) is 45.2 Å². The molecule has 1 N–H and O–H groups in total. The van der Waals surface area contributed by atoms with Crippen molar-refractivity contribution in [1.29, 1.82) is 0 Å². The fourth-order valence-corrected chi connectivity index (χ4v) is 7.56. The van der Waals surface area contributed by atoms with Gasteiger partial charge in [0.2, 0.25) is 0 Å². The van der Waals surface area contributed by atoms with Crippen molar-refractivity contribution in [3.05, 3.63) is 148 Å². The van der Waals surface area contributed by atoms with Gasteiger partial charge in [-0.3, -0.25) is 14.4 Å². The Balaban J connectivity index is 1.21. The van der Waals surface area contributed by atoms with Crippen molar-refractivity contribution in [2.24, 2.45) is 5.41 Å². The number of dihydropyridines is 1. The summed E-state index contributed by atoms with van der Waals surface area (Å²) >= 11 is 1.44. The first-order valence-corrected chi connectivity index (χ1v) is 15.7. The van der Waals surface area contributed by atoms with E-state index in [-0.39, 0.29) is 23.0 Å². The molecule has 218 valence electrons. The van der Waals surface area contributed by atoms with Gasteiger partial charge in [-0.05, 0) is 47.2 Å². The summed E-state index contributed by atoms with van der Waals surface area (Å²) in [4.78, 5) is 42.0. The average molecular weight is 598 g/mol. The molecule has 1 heterocycles. The van der Waals surface area contributed by atoms with E-state index in [2.05, 4.69) is 19.2 Å². The summed E-state index contributed by atoms with van der Waals surface area (Å²) in [7, 11) is 0.